The van der Waals surface area contributed by atoms with Crippen LogP contribution in [0.5, 0.6) is 5.75 Å². The maximum Gasteiger partial charge on any atom is 0.272 e. The van der Waals surface area contributed by atoms with Crippen LogP contribution in [-0.4, -0.2) is 25.0 Å². The van der Waals surface area contributed by atoms with Crippen LogP contribution in [0.2, 0.25) is 0 Å². The molecule has 0 saturated carbocycles. The van der Waals surface area contributed by atoms with Crippen LogP contribution in [-0.2, 0) is 11.3 Å². The standard InChI is InChI=1S/C14H20F2N2O2.ClH/c1-9(10(2)17)14(19)18-7-11-4-3-5-12(6-11)20-8-13(15)16;/h3-6,9-10,13H,7-8,17H2,1-2H3,(H,18,19);1H. The number of carbonyl (C=O) groups is 1. The predicted molar refractivity (Wildman–Crippen MR) is 79.8 cm³/mol. The molecule has 2 atom stereocenters. The molecule has 0 aliphatic carbocycles. The zero-order valence-electron chi connectivity index (χ0n) is 12.0. The van der Waals surface area contributed by atoms with Crippen LogP contribution in [0.1, 0.15) is 19.4 Å². The highest BCUT2D eigenvalue weighted by atomic mass is 35.5. The van der Waals surface area contributed by atoms with Gasteiger partial charge in [-0.05, 0) is 24.6 Å². The van der Waals surface area contributed by atoms with E-state index in [0.29, 0.717) is 12.3 Å². The van der Waals surface area contributed by atoms with Crippen molar-refractivity contribution in [1.82, 2.24) is 5.32 Å². The summed E-state index contributed by atoms with van der Waals surface area (Å²) in [6, 6.07) is 6.47. The molecule has 21 heavy (non-hydrogen) atoms. The van der Waals surface area contributed by atoms with E-state index < -0.39 is 13.0 Å². The second-order valence-corrected chi connectivity index (χ2v) is 4.72. The maximum absolute atomic E-state index is 12.0. The van der Waals surface area contributed by atoms with Gasteiger partial charge in [0.05, 0.1) is 0 Å². The fourth-order valence-electron chi connectivity index (χ4n) is 1.49. The highest BCUT2D eigenvalue weighted by molar-refractivity contribution is 5.85. The van der Waals surface area contributed by atoms with Crippen molar-refractivity contribution in [2.24, 2.45) is 11.7 Å². The normalized spacial score (nSPS) is 13.2. The molecule has 0 aliphatic rings. The monoisotopic (exact) mass is 322 g/mol. The molecule has 3 N–H and O–H groups in total. The summed E-state index contributed by atoms with van der Waals surface area (Å²) in [7, 11) is 0. The third-order valence-corrected chi connectivity index (χ3v) is 2.94. The summed E-state index contributed by atoms with van der Waals surface area (Å²) in [4.78, 5) is 11.7. The summed E-state index contributed by atoms with van der Waals surface area (Å²) in [5.41, 5.74) is 6.43. The molecule has 0 saturated heterocycles. The molecule has 7 heteroatoms. The summed E-state index contributed by atoms with van der Waals surface area (Å²) >= 11 is 0. The molecule has 1 rings (SSSR count). The number of halogens is 3. The van der Waals surface area contributed by atoms with Crippen LogP contribution >= 0.6 is 12.4 Å². The van der Waals surface area contributed by atoms with Gasteiger partial charge < -0.3 is 15.8 Å². The molecule has 0 bridgehead atoms. The van der Waals surface area contributed by atoms with E-state index >= 15 is 0 Å². The quantitative estimate of drug-likeness (QED) is 0.810. The summed E-state index contributed by atoms with van der Waals surface area (Å²) in [6.45, 7) is 3.19. The number of hydrogen-bond acceptors (Lipinski definition) is 3. The van der Waals surface area contributed by atoms with E-state index in [1.165, 1.54) is 0 Å². The first kappa shape index (κ1) is 19.6. The number of hydrogen-bond donors (Lipinski definition) is 2. The van der Waals surface area contributed by atoms with Crippen LogP contribution in [0.4, 0.5) is 8.78 Å². The van der Waals surface area contributed by atoms with E-state index in [9.17, 15) is 13.6 Å². The first-order valence-electron chi connectivity index (χ1n) is 6.43. The highest BCUT2D eigenvalue weighted by Gasteiger charge is 2.16. The van der Waals surface area contributed by atoms with E-state index in [1.54, 1.807) is 38.1 Å². The minimum Gasteiger partial charge on any atom is -0.488 e. The Hall–Kier alpha value is -1.40. The minimum absolute atomic E-state index is 0. The summed E-state index contributed by atoms with van der Waals surface area (Å²) < 4.78 is 29.0. The van der Waals surface area contributed by atoms with Gasteiger partial charge in [-0.3, -0.25) is 4.79 Å². The van der Waals surface area contributed by atoms with Gasteiger partial charge in [-0.2, -0.15) is 0 Å². The van der Waals surface area contributed by atoms with E-state index in [1.807, 2.05) is 0 Å². The van der Waals surface area contributed by atoms with E-state index in [-0.39, 0.29) is 30.3 Å². The number of alkyl halides is 2. The Morgan fingerprint density at radius 3 is 2.62 bits per heavy atom. The van der Waals surface area contributed by atoms with E-state index in [0.717, 1.165) is 5.56 Å². The van der Waals surface area contributed by atoms with Crippen LogP contribution < -0.4 is 15.8 Å². The Bertz CT molecular complexity index is 445. The molecule has 120 valence electrons. The molecule has 1 aromatic rings. The van der Waals surface area contributed by atoms with Crippen molar-refractivity contribution >= 4 is 18.3 Å². The van der Waals surface area contributed by atoms with Gasteiger partial charge in [0.25, 0.3) is 6.43 Å². The lowest BCUT2D eigenvalue weighted by atomic mass is 10.0. The second-order valence-electron chi connectivity index (χ2n) is 4.72. The molecular weight excluding hydrogens is 302 g/mol. The van der Waals surface area contributed by atoms with Crippen LogP contribution in [0, 0.1) is 5.92 Å². The Balaban J connectivity index is 0.00000400. The number of ether oxygens (including phenoxy) is 1. The van der Waals surface area contributed by atoms with Crippen molar-refractivity contribution in [1.29, 1.82) is 0 Å². The number of amides is 1. The van der Waals surface area contributed by atoms with E-state index in [2.05, 4.69) is 5.32 Å². The Morgan fingerprint density at radius 2 is 2.05 bits per heavy atom. The van der Waals surface area contributed by atoms with Gasteiger partial charge >= 0.3 is 0 Å². The molecule has 2 unspecified atom stereocenters. The first-order chi connectivity index (χ1) is 9.40. The number of nitrogens with two attached hydrogens (primary N) is 1. The molecule has 1 amide bonds. The second kappa shape index (κ2) is 9.52. The topological polar surface area (TPSA) is 64.4 Å². The van der Waals surface area contributed by atoms with Crippen molar-refractivity contribution in [3.05, 3.63) is 29.8 Å². The zero-order chi connectivity index (χ0) is 15.1. The molecule has 0 fully saturated rings. The fourth-order valence-corrected chi connectivity index (χ4v) is 1.49. The van der Waals surface area contributed by atoms with Gasteiger partial charge in [-0.15, -0.1) is 12.4 Å². The SMILES string of the molecule is CC(N)C(C)C(=O)NCc1cccc(OCC(F)F)c1.Cl. The van der Waals surface area contributed by atoms with Gasteiger partial charge in [0, 0.05) is 18.5 Å². The van der Waals surface area contributed by atoms with Crippen molar-refractivity contribution in [3.8, 4) is 5.75 Å². The summed E-state index contributed by atoms with van der Waals surface area (Å²) in [6.07, 6.45) is -2.51. The average Bonchev–Trinajstić information content (AvgIpc) is 2.42. The number of benzene rings is 1. The third kappa shape index (κ3) is 7.24. The van der Waals surface area contributed by atoms with Gasteiger partial charge in [0.2, 0.25) is 5.91 Å². The lowest BCUT2D eigenvalue weighted by Crippen LogP contribution is -2.38. The van der Waals surface area contributed by atoms with Crippen LogP contribution in [0.25, 0.3) is 0 Å². The highest BCUT2D eigenvalue weighted by Crippen LogP contribution is 2.14. The Labute approximate surface area is 129 Å². The molecular formula is C14H21ClF2N2O2. The molecule has 0 aliphatic heterocycles. The first-order valence-corrected chi connectivity index (χ1v) is 6.43. The van der Waals surface area contributed by atoms with Gasteiger partial charge in [-0.25, -0.2) is 8.78 Å². The summed E-state index contributed by atoms with van der Waals surface area (Å²) in [5, 5.41) is 2.75. The van der Waals surface area contributed by atoms with E-state index in [4.69, 9.17) is 10.5 Å². The van der Waals surface area contributed by atoms with Gasteiger partial charge in [0.15, 0.2) is 0 Å². The number of nitrogens with one attached hydrogen (secondary N) is 1. The predicted octanol–water partition coefficient (Wildman–Crippen LogP) is 2.35. The lowest BCUT2D eigenvalue weighted by Gasteiger charge is -2.15. The average molecular weight is 323 g/mol. The molecule has 4 nitrogen and oxygen atoms in total. The molecule has 1 aromatic carbocycles. The van der Waals surface area contributed by atoms with Crippen molar-refractivity contribution < 1.29 is 18.3 Å². The van der Waals surface area contributed by atoms with Gasteiger partial charge in [0.1, 0.15) is 12.4 Å². The van der Waals surface area contributed by atoms with Crippen LogP contribution in [0.3, 0.4) is 0 Å². The minimum atomic E-state index is -2.51. The fraction of sp³-hybridized carbons (Fsp3) is 0.500. The molecule has 0 heterocycles. The van der Waals surface area contributed by atoms with Crippen molar-refractivity contribution in [2.75, 3.05) is 6.61 Å². The largest absolute Gasteiger partial charge is 0.488 e. The Morgan fingerprint density at radius 1 is 1.38 bits per heavy atom. The van der Waals surface area contributed by atoms with Crippen LogP contribution in [0.15, 0.2) is 24.3 Å². The Kier molecular flexibility index (Phi) is 8.89. The molecule has 0 radical (unpaired) electrons. The lowest BCUT2D eigenvalue weighted by molar-refractivity contribution is -0.125. The number of rotatable bonds is 7. The smallest absolute Gasteiger partial charge is 0.272 e. The third-order valence-electron chi connectivity index (χ3n) is 2.94. The molecule has 0 aromatic heterocycles. The summed E-state index contributed by atoms with van der Waals surface area (Å²) in [5.74, 6) is -0.0653. The van der Waals surface area contributed by atoms with Crippen molar-refractivity contribution in [2.45, 2.75) is 32.9 Å². The zero-order valence-corrected chi connectivity index (χ0v) is 12.8. The van der Waals surface area contributed by atoms with Crippen molar-refractivity contribution in [3.63, 3.8) is 0 Å². The molecule has 0 spiro atoms. The van der Waals surface area contributed by atoms with Gasteiger partial charge in [-0.1, -0.05) is 19.1 Å². The maximum atomic E-state index is 12.0. The number of carbonyl (C=O) groups excluding carboxylic acids is 1.